The van der Waals surface area contributed by atoms with Crippen molar-refractivity contribution in [3.8, 4) is 0 Å². The average molecular weight is 323 g/mol. The van der Waals surface area contributed by atoms with Crippen LogP contribution in [-0.4, -0.2) is 18.0 Å². The summed E-state index contributed by atoms with van der Waals surface area (Å²) in [6, 6.07) is 5.56. The van der Waals surface area contributed by atoms with E-state index in [1.165, 1.54) is 12.1 Å². The van der Waals surface area contributed by atoms with E-state index in [2.05, 4.69) is 15.9 Å². The summed E-state index contributed by atoms with van der Waals surface area (Å²) in [5.74, 6) is 0.0719. The Labute approximate surface area is 112 Å². The third-order valence-corrected chi connectivity index (χ3v) is 3.95. The molecule has 1 aromatic rings. The molecule has 0 aromatic heterocycles. The predicted molar refractivity (Wildman–Crippen MR) is 67.0 cm³/mol. The minimum Gasteiger partial charge on any atom is -0.377 e. The first kappa shape index (κ1) is 13.9. The molecule has 2 atom stereocenters. The maximum atomic E-state index is 12.6. The van der Waals surface area contributed by atoms with Crippen LogP contribution in [0.3, 0.4) is 0 Å². The summed E-state index contributed by atoms with van der Waals surface area (Å²) >= 11 is 3.35. The number of hydrogen-bond acceptors (Lipinski definition) is 1. The second-order valence-corrected chi connectivity index (χ2v) is 5.15. The number of alkyl halides is 4. The molecule has 0 N–H and O–H groups in total. The molecule has 1 aliphatic rings. The van der Waals surface area contributed by atoms with Gasteiger partial charge in [0.25, 0.3) is 0 Å². The predicted octanol–water partition coefficient (Wildman–Crippen LogP) is 4.36. The number of benzene rings is 1. The van der Waals surface area contributed by atoms with Crippen molar-refractivity contribution in [1.82, 2.24) is 0 Å². The number of hydrogen-bond donors (Lipinski definition) is 0. The lowest BCUT2D eigenvalue weighted by Crippen LogP contribution is -2.25. The van der Waals surface area contributed by atoms with Gasteiger partial charge in [0.2, 0.25) is 0 Å². The average Bonchev–Trinajstić information content (AvgIpc) is 2.38. The van der Waals surface area contributed by atoms with Gasteiger partial charge in [-0.25, -0.2) is 0 Å². The first-order valence-corrected chi connectivity index (χ1v) is 6.97. The summed E-state index contributed by atoms with van der Waals surface area (Å²) in [7, 11) is 0. The zero-order valence-electron chi connectivity index (χ0n) is 9.71. The number of rotatable bonds is 2. The van der Waals surface area contributed by atoms with Gasteiger partial charge in [-0.15, -0.1) is 0 Å². The first-order valence-electron chi connectivity index (χ1n) is 5.85. The van der Waals surface area contributed by atoms with E-state index in [9.17, 15) is 13.2 Å². The highest BCUT2D eigenvalue weighted by molar-refractivity contribution is 9.09. The minimum atomic E-state index is -4.27. The monoisotopic (exact) mass is 322 g/mol. The van der Waals surface area contributed by atoms with Gasteiger partial charge in [-0.2, -0.15) is 13.2 Å². The molecule has 0 bridgehead atoms. The fourth-order valence-electron chi connectivity index (χ4n) is 2.16. The van der Waals surface area contributed by atoms with E-state index in [0.29, 0.717) is 6.61 Å². The summed E-state index contributed by atoms with van der Waals surface area (Å²) in [5.41, 5.74) is 0.139. The van der Waals surface area contributed by atoms with E-state index in [-0.39, 0.29) is 12.0 Å². The largest absolute Gasteiger partial charge is 0.416 e. The molecule has 18 heavy (non-hydrogen) atoms. The van der Waals surface area contributed by atoms with Crippen LogP contribution in [-0.2, 0) is 10.9 Å². The van der Waals surface area contributed by atoms with Gasteiger partial charge in [-0.1, -0.05) is 34.1 Å². The molecule has 1 saturated heterocycles. The van der Waals surface area contributed by atoms with Crippen LogP contribution in [0.5, 0.6) is 0 Å². The minimum absolute atomic E-state index is 0.0719. The van der Waals surface area contributed by atoms with Crippen molar-refractivity contribution < 1.29 is 17.9 Å². The Morgan fingerprint density at radius 2 is 2.06 bits per heavy atom. The molecular weight excluding hydrogens is 309 g/mol. The van der Waals surface area contributed by atoms with Crippen molar-refractivity contribution in [2.75, 3.05) is 11.9 Å². The quantitative estimate of drug-likeness (QED) is 0.735. The van der Waals surface area contributed by atoms with E-state index in [1.54, 1.807) is 6.07 Å². The maximum absolute atomic E-state index is 12.6. The molecule has 1 aromatic carbocycles. The molecule has 100 valence electrons. The fourth-order valence-corrected chi connectivity index (χ4v) is 2.67. The second-order valence-electron chi connectivity index (χ2n) is 4.51. The van der Waals surface area contributed by atoms with Crippen LogP contribution in [0.4, 0.5) is 13.2 Å². The SMILES string of the molecule is FC(F)(F)c1cccc(C2CCC(CBr)OC2)c1. The van der Waals surface area contributed by atoms with Crippen molar-refractivity contribution in [2.24, 2.45) is 0 Å². The highest BCUT2D eigenvalue weighted by atomic mass is 79.9. The van der Waals surface area contributed by atoms with Crippen LogP contribution in [0.1, 0.15) is 29.9 Å². The third-order valence-electron chi connectivity index (χ3n) is 3.23. The Hall–Kier alpha value is -0.550. The van der Waals surface area contributed by atoms with Gasteiger partial charge in [0.1, 0.15) is 0 Å². The maximum Gasteiger partial charge on any atom is 0.416 e. The van der Waals surface area contributed by atoms with Gasteiger partial charge in [0.05, 0.1) is 18.3 Å². The zero-order valence-corrected chi connectivity index (χ0v) is 11.3. The van der Waals surface area contributed by atoms with E-state index < -0.39 is 11.7 Å². The van der Waals surface area contributed by atoms with Crippen LogP contribution >= 0.6 is 15.9 Å². The first-order chi connectivity index (χ1) is 8.50. The molecule has 1 aliphatic heterocycles. The molecule has 0 radical (unpaired) electrons. The van der Waals surface area contributed by atoms with E-state index in [1.807, 2.05) is 0 Å². The summed E-state index contributed by atoms with van der Waals surface area (Å²) in [4.78, 5) is 0. The van der Waals surface area contributed by atoms with Crippen molar-refractivity contribution in [3.63, 3.8) is 0 Å². The smallest absolute Gasteiger partial charge is 0.377 e. The normalized spacial score (nSPS) is 25.1. The van der Waals surface area contributed by atoms with E-state index >= 15 is 0 Å². The molecule has 2 unspecified atom stereocenters. The fraction of sp³-hybridized carbons (Fsp3) is 0.538. The van der Waals surface area contributed by atoms with Crippen LogP contribution < -0.4 is 0 Å². The Kier molecular flexibility index (Phi) is 4.33. The van der Waals surface area contributed by atoms with Gasteiger partial charge in [-0.05, 0) is 24.5 Å². The summed E-state index contributed by atoms with van der Waals surface area (Å²) in [5, 5.41) is 0.780. The lowest BCUT2D eigenvalue weighted by molar-refractivity contribution is -0.137. The summed E-state index contributed by atoms with van der Waals surface area (Å²) in [6.07, 6.45) is -2.33. The lowest BCUT2D eigenvalue weighted by atomic mass is 9.91. The molecule has 0 aliphatic carbocycles. The molecular formula is C13H14BrF3O. The second kappa shape index (κ2) is 5.61. The number of halogens is 4. The topological polar surface area (TPSA) is 9.23 Å². The number of ether oxygens (including phenoxy) is 1. The standard InChI is InChI=1S/C13H14BrF3O/c14-7-12-5-4-10(8-18-12)9-2-1-3-11(6-9)13(15,16)17/h1-3,6,10,12H,4-5,7-8H2. The molecule has 0 amide bonds. The summed E-state index contributed by atoms with van der Waals surface area (Å²) in [6.45, 7) is 0.498. The summed E-state index contributed by atoms with van der Waals surface area (Å²) < 4.78 is 43.4. The van der Waals surface area contributed by atoms with Crippen LogP contribution in [0, 0.1) is 0 Å². The van der Waals surface area contributed by atoms with Crippen LogP contribution in [0.2, 0.25) is 0 Å². The van der Waals surface area contributed by atoms with Crippen molar-refractivity contribution in [3.05, 3.63) is 35.4 Å². The molecule has 1 fully saturated rings. The Bertz CT molecular complexity index is 397. The van der Waals surface area contributed by atoms with Gasteiger partial charge >= 0.3 is 6.18 Å². The van der Waals surface area contributed by atoms with Crippen molar-refractivity contribution in [1.29, 1.82) is 0 Å². The third kappa shape index (κ3) is 3.26. The molecule has 1 heterocycles. The van der Waals surface area contributed by atoms with E-state index in [4.69, 9.17) is 4.74 Å². The highest BCUT2D eigenvalue weighted by Gasteiger charge is 2.31. The highest BCUT2D eigenvalue weighted by Crippen LogP contribution is 2.34. The van der Waals surface area contributed by atoms with Crippen LogP contribution in [0.15, 0.2) is 24.3 Å². The molecule has 1 nitrogen and oxygen atoms in total. The van der Waals surface area contributed by atoms with Crippen LogP contribution in [0.25, 0.3) is 0 Å². The lowest BCUT2D eigenvalue weighted by Gasteiger charge is -2.28. The van der Waals surface area contributed by atoms with Crippen molar-refractivity contribution in [2.45, 2.75) is 31.0 Å². The van der Waals surface area contributed by atoms with Gasteiger partial charge in [-0.3, -0.25) is 0 Å². The Balaban J connectivity index is 2.10. The Morgan fingerprint density at radius 3 is 2.61 bits per heavy atom. The molecule has 0 saturated carbocycles. The zero-order chi connectivity index (χ0) is 13.2. The van der Waals surface area contributed by atoms with Gasteiger partial charge < -0.3 is 4.74 Å². The van der Waals surface area contributed by atoms with Crippen molar-refractivity contribution >= 4 is 15.9 Å². The molecule has 0 spiro atoms. The molecule has 5 heteroatoms. The van der Waals surface area contributed by atoms with Gasteiger partial charge in [0, 0.05) is 11.2 Å². The van der Waals surface area contributed by atoms with E-state index in [0.717, 1.165) is 29.8 Å². The Morgan fingerprint density at radius 1 is 1.28 bits per heavy atom. The van der Waals surface area contributed by atoms with Gasteiger partial charge in [0.15, 0.2) is 0 Å². The molecule has 2 rings (SSSR count).